The molecule has 0 atom stereocenters. The highest BCUT2D eigenvalue weighted by atomic mass is 16.1. The topological polar surface area (TPSA) is 46.9 Å². The number of nitrogens with zero attached hydrogens (tertiary/aromatic N) is 2. The normalized spacial score (nSPS) is 15.9. The molecular weight excluding hydrogens is 214 g/mol. The second-order valence-electron chi connectivity index (χ2n) is 5.31. The van der Waals surface area contributed by atoms with Crippen molar-refractivity contribution in [2.45, 2.75) is 39.7 Å². The Morgan fingerprint density at radius 3 is 2.88 bits per heavy atom. The molecule has 0 amide bonds. The van der Waals surface area contributed by atoms with Gasteiger partial charge in [0.2, 0.25) is 0 Å². The molecule has 1 aliphatic rings. The first-order chi connectivity index (χ1) is 8.16. The standard InChI is InChI=1S/C13H21N3O/c1-10(2)9-16-7-6-14-12(13(16)17)15-8-11-4-3-5-11/h6-7,10-11H,3-5,8-9H2,1-2H3,(H,14,15). The summed E-state index contributed by atoms with van der Waals surface area (Å²) in [6.45, 7) is 5.84. The SMILES string of the molecule is CC(C)Cn1ccnc(NCC2CCC2)c1=O. The van der Waals surface area contributed by atoms with Gasteiger partial charge in [-0.15, -0.1) is 0 Å². The molecule has 1 N–H and O–H groups in total. The smallest absolute Gasteiger partial charge is 0.293 e. The molecule has 1 saturated carbocycles. The van der Waals surface area contributed by atoms with Gasteiger partial charge in [-0.2, -0.15) is 0 Å². The average Bonchev–Trinajstić information content (AvgIpc) is 2.20. The summed E-state index contributed by atoms with van der Waals surface area (Å²) in [6.07, 6.45) is 7.34. The largest absolute Gasteiger partial charge is 0.365 e. The third kappa shape index (κ3) is 3.08. The molecule has 1 aliphatic carbocycles. The van der Waals surface area contributed by atoms with E-state index >= 15 is 0 Å². The monoisotopic (exact) mass is 235 g/mol. The molecule has 4 nitrogen and oxygen atoms in total. The van der Waals surface area contributed by atoms with Gasteiger partial charge in [-0.3, -0.25) is 4.79 Å². The number of aromatic nitrogens is 2. The van der Waals surface area contributed by atoms with Crippen molar-refractivity contribution < 1.29 is 0 Å². The molecule has 1 heterocycles. The molecule has 1 fully saturated rings. The zero-order valence-corrected chi connectivity index (χ0v) is 10.6. The van der Waals surface area contributed by atoms with E-state index in [9.17, 15) is 4.79 Å². The minimum Gasteiger partial charge on any atom is -0.365 e. The summed E-state index contributed by atoms with van der Waals surface area (Å²) in [7, 11) is 0. The highest BCUT2D eigenvalue weighted by Crippen LogP contribution is 2.25. The van der Waals surface area contributed by atoms with E-state index in [0.717, 1.165) is 19.0 Å². The van der Waals surface area contributed by atoms with Crippen LogP contribution < -0.4 is 10.9 Å². The zero-order chi connectivity index (χ0) is 12.3. The third-order valence-corrected chi connectivity index (χ3v) is 3.26. The van der Waals surface area contributed by atoms with E-state index in [-0.39, 0.29) is 5.56 Å². The van der Waals surface area contributed by atoms with Crippen LogP contribution in [0.4, 0.5) is 5.82 Å². The number of anilines is 1. The molecule has 1 aromatic rings. The zero-order valence-electron chi connectivity index (χ0n) is 10.6. The van der Waals surface area contributed by atoms with E-state index in [1.807, 2.05) is 0 Å². The fourth-order valence-corrected chi connectivity index (χ4v) is 2.04. The van der Waals surface area contributed by atoms with Gasteiger partial charge < -0.3 is 9.88 Å². The van der Waals surface area contributed by atoms with Gasteiger partial charge in [0.1, 0.15) is 0 Å². The van der Waals surface area contributed by atoms with Gasteiger partial charge in [0.25, 0.3) is 5.56 Å². The summed E-state index contributed by atoms with van der Waals surface area (Å²) in [5.41, 5.74) is 0.000485. The van der Waals surface area contributed by atoms with Crippen LogP contribution in [0, 0.1) is 11.8 Å². The van der Waals surface area contributed by atoms with Gasteiger partial charge in [-0.1, -0.05) is 20.3 Å². The molecule has 0 aliphatic heterocycles. The molecule has 0 unspecified atom stereocenters. The van der Waals surface area contributed by atoms with Crippen molar-refractivity contribution in [3.05, 3.63) is 22.7 Å². The molecule has 4 heteroatoms. The van der Waals surface area contributed by atoms with E-state index in [4.69, 9.17) is 0 Å². The summed E-state index contributed by atoms with van der Waals surface area (Å²) in [6, 6.07) is 0. The van der Waals surface area contributed by atoms with Crippen molar-refractivity contribution in [3.63, 3.8) is 0 Å². The lowest BCUT2D eigenvalue weighted by Gasteiger charge is -2.25. The van der Waals surface area contributed by atoms with Crippen molar-refractivity contribution in [2.75, 3.05) is 11.9 Å². The molecule has 2 rings (SSSR count). The van der Waals surface area contributed by atoms with Crippen molar-refractivity contribution >= 4 is 5.82 Å². The van der Waals surface area contributed by atoms with Crippen LogP contribution in [0.15, 0.2) is 17.2 Å². The maximum Gasteiger partial charge on any atom is 0.293 e. The Hall–Kier alpha value is -1.32. The summed E-state index contributed by atoms with van der Waals surface area (Å²) in [5, 5.41) is 3.18. The Kier molecular flexibility index (Phi) is 3.82. The average molecular weight is 235 g/mol. The van der Waals surface area contributed by atoms with Crippen molar-refractivity contribution in [1.82, 2.24) is 9.55 Å². The fraction of sp³-hybridized carbons (Fsp3) is 0.692. The van der Waals surface area contributed by atoms with E-state index in [2.05, 4.69) is 24.1 Å². The second-order valence-corrected chi connectivity index (χ2v) is 5.31. The Bertz CT molecular complexity index is 421. The first kappa shape index (κ1) is 12.1. The lowest BCUT2D eigenvalue weighted by Crippen LogP contribution is -2.29. The van der Waals surface area contributed by atoms with E-state index in [0.29, 0.717) is 11.7 Å². The molecule has 0 aromatic carbocycles. The quantitative estimate of drug-likeness (QED) is 0.850. The van der Waals surface area contributed by atoms with Crippen molar-refractivity contribution in [3.8, 4) is 0 Å². The van der Waals surface area contributed by atoms with Gasteiger partial charge in [0.15, 0.2) is 5.82 Å². The minimum absolute atomic E-state index is 0.000485. The van der Waals surface area contributed by atoms with Gasteiger partial charge >= 0.3 is 0 Å². The van der Waals surface area contributed by atoms with E-state index in [1.165, 1.54) is 19.3 Å². The van der Waals surface area contributed by atoms with Crippen LogP contribution in [0.2, 0.25) is 0 Å². The minimum atomic E-state index is 0.000485. The molecule has 0 bridgehead atoms. The Labute approximate surface area is 102 Å². The number of hydrogen-bond donors (Lipinski definition) is 1. The van der Waals surface area contributed by atoms with Crippen LogP contribution in [0.25, 0.3) is 0 Å². The summed E-state index contributed by atoms with van der Waals surface area (Å²) in [4.78, 5) is 16.2. The van der Waals surface area contributed by atoms with Crippen LogP contribution in [0.1, 0.15) is 33.1 Å². The predicted molar refractivity (Wildman–Crippen MR) is 69.2 cm³/mol. The number of hydrogen-bond acceptors (Lipinski definition) is 3. The third-order valence-electron chi connectivity index (χ3n) is 3.26. The van der Waals surface area contributed by atoms with Gasteiger partial charge in [0.05, 0.1) is 0 Å². The first-order valence-electron chi connectivity index (χ1n) is 6.46. The lowest BCUT2D eigenvalue weighted by molar-refractivity contribution is 0.333. The molecule has 17 heavy (non-hydrogen) atoms. The van der Waals surface area contributed by atoms with E-state index < -0.39 is 0 Å². The molecular formula is C13H21N3O. The number of nitrogens with one attached hydrogen (secondary N) is 1. The van der Waals surface area contributed by atoms with Crippen LogP contribution in [0.3, 0.4) is 0 Å². The summed E-state index contributed by atoms with van der Waals surface area (Å²) in [5.74, 6) is 1.70. The van der Waals surface area contributed by atoms with Crippen molar-refractivity contribution in [2.24, 2.45) is 11.8 Å². The molecule has 0 saturated heterocycles. The van der Waals surface area contributed by atoms with Gasteiger partial charge in [0, 0.05) is 25.5 Å². The maximum absolute atomic E-state index is 12.1. The van der Waals surface area contributed by atoms with Crippen LogP contribution >= 0.6 is 0 Å². The van der Waals surface area contributed by atoms with Gasteiger partial charge in [-0.25, -0.2) is 4.98 Å². The fourth-order valence-electron chi connectivity index (χ4n) is 2.04. The van der Waals surface area contributed by atoms with E-state index in [1.54, 1.807) is 17.0 Å². The van der Waals surface area contributed by atoms with Crippen LogP contribution in [-0.4, -0.2) is 16.1 Å². The summed E-state index contributed by atoms with van der Waals surface area (Å²) < 4.78 is 1.74. The molecule has 94 valence electrons. The summed E-state index contributed by atoms with van der Waals surface area (Å²) >= 11 is 0. The van der Waals surface area contributed by atoms with Crippen molar-refractivity contribution in [1.29, 1.82) is 0 Å². The second kappa shape index (κ2) is 5.34. The highest BCUT2D eigenvalue weighted by molar-refractivity contribution is 5.30. The van der Waals surface area contributed by atoms with Gasteiger partial charge in [-0.05, 0) is 24.7 Å². The molecule has 0 radical (unpaired) electrons. The predicted octanol–water partition coefficient (Wildman–Crippen LogP) is 2.11. The maximum atomic E-state index is 12.1. The molecule has 0 spiro atoms. The van der Waals surface area contributed by atoms with Crippen LogP contribution in [-0.2, 0) is 6.54 Å². The number of rotatable bonds is 5. The lowest BCUT2D eigenvalue weighted by atomic mass is 9.85. The molecule has 1 aromatic heterocycles. The highest BCUT2D eigenvalue weighted by Gasteiger charge is 2.17. The Balaban J connectivity index is 2.03. The van der Waals surface area contributed by atoms with Crippen LogP contribution in [0.5, 0.6) is 0 Å². The Morgan fingerprint density at radius 1 is 1.53 bits per heavy atom. The first-order valence-corrected chi connectivity index (χ1v) is 6.46. The Morgan fingerprint density at radius 2 is 2.29 bits per heavy atom.